The van der Waals surface area contributed by atoms with Crippen molar-refractivity contribution in [3.05, 3.63) is 29.1 Å². The monoisotopic (exact) mass is 332 g/mol. The maximum absolute atomic E-state index is 13.1. The van der Waals surface area contributed by atoms with E-state index in [1.54, 1.807) is 18.7 Å². The molecule has 0 radical (unpaired) electrons. The van der Waals surface area contributed by atoms with Crippen LogP contribution in [0.15, 0.2) is 8.94 Å². The minimum Gasteiger partial charge on any atom is -0.435 e. The third-order valence-electron chi connectivity index (χ3n) is 4.48. The van der Waals surface area contributed by atoms with Gasteiger partial charge >= 0.3 is 0 Å². The number of oxazole rings is 1. The number of carbonyl (C=O) groups excluding carboxylic acids is 1. The van der Waals surface area contributed by atoms with Crippen LogP contribution in [-0.2, 0) is 4.74 Å². The van der Waals surface area contributed by atoms with Gasteiger partial charge in [0.05, 0.1) is 18.4 Å². The molecule has 128 valence electrons. The summed E-state index contributed by atoms with van der Waals surface area (Å²) >= 11 is 0. The van der Waals surface area contributed by atoms with Gasteiger partial charge in [0.25, 0.3) is 11.8 Å². The van der Waals surface area contributed by atoms with Gasteiger partial charge < -0.3 is 18.6 Å². The summed E-state index contributed by atoms with van der Waals surface area (Å²) in [5, 5.41) is 3.83. The number of aromatic nitrogens is 3. The van der Waals surface area contributed by atoms with Gasteiger partial charge in [0.1, 0.15) is 6.04 Å². The lowest BCUT2D eigenvalue weighted by Crippen LogP contribution is -2.47. The molecule has 0 bridgehead atoms. The Morgan fingerprint density at radius 3 is 2.67 bits per heavy atom. The number of nitrogens with zero attached hydrogens (tertiary/aromatic N) is 4. The molecule has 2 atom stereocenters. The van der Waals surface area contributed by atoms with Crippen LogP contribution in [-0.4, -0.2) is 45.2 Å². The first kappa shape index (κ1) is 15.3. The summed E-state index contributed by atoms with van der Waals surface area (Å²) in [5.74, 6) is 2.04. The van der Waals surface area contributed by atoms with Gasteiger partial charge in [-0.2, -0.15) is 4.98 Å². The number of morpholine rings is 1. The second-order valence-corrected chi connectivity index (χ2v) is 6.44. The summed E-state index contributed by atoms with van der Waals surface area (Å²) in [6.45, 7) is 6.34. The highest BCUT2D eigenvalue weighted by atomic mass is 16.5. The second-order valence-electron chi connectivity index (χ2n) is 6.44. The Hall–Kier alpha value is -2.22. The van der Waals surface area contributed by atoms with Gasteiger partial charge in [0, 0.05) is 12.5 Å². The van der Waals surface area contributed by atoms with Crippen molar-refractivity contribution in [2.75, 3.05) is 13.2 Å². The van der Waals surface area contributed by atoms with Crippen molar-refractivity contribution >= 4 is 5.91 Å². The standard InChI is InChI=1S/C16H20N4O4/c1-8-13(23-14(17-8)11-4-5-11)16(21)20-6-7-22-9(2)12(20)15-18-10(3)19-24-15/h9,11-12H,4-7H2,1-3H3/t9-,12+/m1/s1. The summed E-state index contributed by atoms with van der Waals surface area (Å²) in [6.07, 6.45) is 1.91. The summed E-state index contributed by atoms with van der Waals surface area (Å²) in [4.78, 5) is 23.4. The average Bonchev–Trinajstić information content (AvgIpc) is 3.21. The van der Waals surface area contributed by atoms with E-state index in [0.717, 1.165) is 12.8 Å². The topological polar surface area (TPSA) is 94.5 Å². The zero-order valence-electron chi connectivity index (χ0n) is 14.0. The van der Waals surface area contributed by atoms with E-state index in [1.807, 2.05) is 6.92 Å². The van der Waals surface area contributed by atoms with Gasteiger partial charge in [-0.1, -0.05) is 5.16 Å². The fourth-order valence-electron chi connectivity index (χ4n) is 3.07. The van der Waals surface area contributed by atoms with Gasteiger partial charge in [-0.3, -0.25) is 4.79 Å². The maximum atomic E-state index is 13.1. The third-order valence-corrected chi connectivity index (χ3v) is 4.48. The lowest BCUT2D eigenvalue weighted by molar-refractivity contribution is -0.0609. The Kier molecular flexibility index (Phi) is 3.64. The number of hydrogen-bond donors (Lipinski definition) is 0. The summed E-state index contributed by atoms with van der Waals surface area (Å²) in [7, 11) is 0. The number of amides is 1. The molecule has 2 aromatic heterocycles. The smallest absolute Gasteiger partial charge is 0.292 e. The Bertz CT molecular complexity index is 764. The van der Waals surface area contributed by atoms with Gasteiger partial charge in [0.15, 0.2) is 11.7 Å². The van der Waals surface area contributed by atoms with Crippen molar-refractivity contribution < 1.29 is 18.5 Å². The predicted octanol–water partition coefficient (Wildman–Crippen LogP) is 2.15. The molecule has 8 heteroatoms. The lowest BCUT2D eigenvalue weighted by Gasteiger charge is -2.37. The Morgan fingerprint density at radius 1 is 1.21 bits per heavy atom. The van der Waals surface area contributed by atoms with Crippen LogP contribution in [0.1, 0.15) is 65.6 Å². The molecule has 0 aromatic carbocycles. The number of ether oxygens (including phenoxy) is 1. The second kappa shape index (κ2) is 5.70. The first-order valence-corrected chi connectivity index (χ1v) is 8.24. The van der Waals surface area contributed by atoms with E-state index < -0.39 is 6.04 Å². The van der Waals surface area contributed by atoms with Gasteiger partial charge in [0.2, 0.25) is 5.76 Å². The zero-order chi connectivity index (χ0) is 16.8. The highest BCUT2D eigenvalue weighted by Crippen LogP contribution is 2.40. The van der Waals surface area contributed by atoms with E-state index >= 15 is 0 Å². The van der Waals surface area contributed by atoms with E-state index in [2.05, 4.69) is 15.1 Å². The molecular weight excluding hydrogens is 312 g/mol. The van der Waals surface area contributed by atoms with E-state index in [9.17, 15) is 4.79 Å². The van der Waals surface area contributed by atoms with Gasteiger partial charge in [-0.25, -0.2) is 4.98 Å². The average molecular weight is 332 g/mol. The molecule has 24 heavy (non-hydrogen) atoms. The normalized spacial score (nSPS) is 24.4. The number of aryl methyl sites for hydroxylation is 2. The van der Waals surface area contributed by atoms with Crippen molar-refractivity contribution in [2.24, 2.45) is 0 Å². The first-order valence-electron chi connectivity index (χ1n) is 8.24. The van der Waals surface area contributed by atoms with Gasteiger partial charge in [-0.15, -0.1) is 0 Å². The molecule has 0 unspecified atom stereocenters. The van der Waals surface area contributed by atoms with E-state index in [1.165, 1.54) is 0 Å². The van der Waals surface area contributed by atoms with Crippen LogP contribution in [0.3, 0.4) is 0 Å². The van der Waals surface area contributed by atoms with Crippen molar-refractivity contribution in [1.29, 1.82) is 0 Å². The molecule has 2 fully saturated rings. The molecule has 8 nitrogen and oxygen atoms in total. The Balaban J connectivity index is 1.65. The number of hydrogen-bond acceptors (Lipinski definition) is 7. The van der Waals surface area contributed by atoms with Crippen molar-refractivity contribution in [2.45, 2.75) is 51.7 Å². The van der Waals surface area contributed by atoms with Crippen molar-refractivity contribution in [3.63, 3.8) is 0 Å². The fraction of sp³-hybridized carbons (Fsp3) is 0.625. The van der Waals surface area contributed by atoms with Crippen LogP contribution in [0.5, 0.6) is 0 Å². The highest BCUT2D eigenvalue weighted by Gasteiger charge is 2.40. The summed E-state index contributed by atoms with van der Waals surface area (Å²) < 4.78 is 16.7. The minimum absolute atomic E-state index is 0.206. The van der Waals surface area contributed by atoms with E-state index in [4.69, 9.17) is 13.7 Å². The summed E-state index contributed by atoms with van der Waals surface area (Å²) in [5.41, 5.74) is 0.626. The highest BCUT2D eigenvalue weighted by molar-refractivity contribution is 5.92. The Labute approximate surface area is 139 Å². The van der Waals surface area contributed by atoms with Crippen molar-refractivity contribution in [3.8, 4) is 0 Å². The number of rotatable bonds is 3. The van der Waals surface area contributed by atoms with Crippen LogP contribution >= 0.6 is 0 Å². The van der Waals surface area contributed by atoms with Crippen LogP contribution < -0.4 is 0 Å². The number of carbonyl (C=O) groups is 1. The molecular formula is C16H20N4O4. The van der Waals surface area contributed by atoms with Crippen LogP contribution in [0.2, 0.25) is 0 Å². The molecule has 1 amide bonds. The third kappa shape index (κ3) is 2.60. The van der Waals surface area contributed by atoms with Crippen molar-refractivity contribution in [1.82, 2.24) is 20.0 Å². The largest absolute Gasteiger partial charge is 0.435 e. The van der Waals surface area contributed by atoms with E-state index in [0.29, 0.717) is 48.1 Å². The molecule has 0 spiro atoms. The lowest BCUT2D eigenvalue weighted by atomic mass is 10.1. The SMILES string of the molecule is Cc1noc([C@@H]2[C@@H](C)OCCN2C(=O)c2oc(C3CC3)nc2C)n1. The molecule has 3 heterocycles. The maximum Gasteiger partial charge on any atom is 0.292 e. The predicted molar refractivity (Wildman–Crippen MR) is 81.4 cm³/mol. The summed E-state index contributed by atoms with van der Waals surface area (Å²) in [6, 6.07) is -0.429. The fourth-order valence-corrected chi connectivity index (χ4v) is 3.07. The molecule has 2 aromatic rings. The molecule has 1 aliphatic carbocycles. The molecule has 0 N–H and O–H groups in total. The molecule has 1 aliphatic heterocycles. The molecule has 1 saturated carbocycles. The molecule has 1 saturated heterocycles. The van der Waals surface area contributed by atoms with Gasteiger partial charge in [-0.05, 0) is 33.6 Å². The molecule has 4 rings (SSSR count). The minimum atomic E-state index is -0.429. The van der Waals surface area contributed by atoms with E-state index in [-0.39, 0.29) is 12.0 Å². The van der Waals surface area contributed by atoms with Crippen LogP contribution in [0.25, 0.3) is 0 Å². The van der Waals surface area contributed by atoms with Crippen LogP contribution in [0.4, 0.5) is 0 Å². The first-order chi connectivity index (χ1) is 11.5. The molecule has 2 aliphatic rings. The quantitative estimate of drug-likeness (QED) is 0.850. The zero-order valence-corrected chi connectivity index (χ0v) is 14.0. The van der Waals surface area contributed by atoms with Crippen LogP contribution in [0, 0.1) is 13.8 Å². The Morgan fingerprint density at radius 2 is 2.00 bits per heavy atom.